The number of hydrogen-bond donors (Lipinski definition) is 0. The number of halogens is 1. The van der Waals surface area contributed by atoms with Gasteiger partial charge in [-0.05, 0) is 18.2 Å². The predicted octanol–water partition coefficient (Wildman–Crippen LogP) is 5.62. The zero-order valence-electron chi connectivity index (χ0n) is 15.2. The Labute approximate surface area is 171 Å². The van der Waals surface area contributed by atoms with E-state index in [2.05, 4.69) is 4.98 Å². The number of nitrogens with zero attached hydrogens (tertiary/aromatic N) is 3. The van der Waals surface area contributed by atoms with Crippen molar-refractivity contribution in [2.24, 2.45) is 0 Å². The summed E-state index contributed by atoms with van der Waals surface area (Å²) in [7, 11) is 0. The van der Waals surface area contributed by atoms with E-state index in [-0.39, 0.29) is 6.79 Å². The number of pyridine rings is 1. The van der Waals surface area contributed by atoms with Crippen molar-refractivity contribution in [3.05, 3.63) is 77.9 Å². The van der Waals surface area contributed by atoms with Crippen molar-refractivity contribution in [2.45, 2.75) is 0 Å². The molecule has 0 radical (unpaired) electrons. The van der Waals surface area contributed by atoms with E-state index in [0.29, 0.717) is 16.5 Å². The summed E-state index contributed by atoms with van der Waals surface area (Å²) in [6, 6.07) is 21.6. The molecule has 6 rings (SSSR count). The lowest BCUT2D eigenvalue weighted by atomic mass is 10.1. The molecule has 0 spiro atoms. The fourth-order valence-electron chi connectivity index (χ4n) is 3.78. The quantitative estimate of drug-likeness (QED) is 0.386. The van der Waals surface area contributed by atoms with E-state index in [0.717, 1.165) is 38.8 Å². The molecule has 29 heavy (non-hydrogen) atoms. The molecule has 140 valence electrons. The third-order valence-corrected chi connectivity index (χ3v) is 5.45. The van der Waals surface area contributed by atoms with Gasteiger partial charge < -0.3 is 9.47 Å². The van der Waals surface area contributed by atoms with Crippen LogP contribution in [0, 0.1) is 0 Å². The van der Waals surface area contributed by atoms with Gasteiger partial charge in [0.15, 0.2) is 11.5 Å². The zero-order chi connectivity index (χ0) is 19.4. The minimum Gasteiger partial charge on any atom is -0.454 e. The van der Waals surface area contributed by atoms with Crippen molar-refractivity contribution in [1.82, 2.24) is 14.8 Å². The lowest BCUT2D eigenvalue weighted by Gasteiger charge is -2.08. The van der Waals surface area contributed by atoms with Gasteiger partial charge in [-0.15, -0.1) is 0 Å². The van der Waals surface area contributed by atoms with E-state index in [1.807, 2.05) is 77.6 Å². The monoisotopic (exact) mass is 399 g/mol. The highest BCUT2D eigenvalue weighted by atomic mass is 35.5. The summed E-state index contributed by atoms with van der Waals surface area (Å²) in [5, 5.41) is 7.46. The first-order chi connectivity index (χ1) is 14.3. The molecule has 0 fully saturated rings. The molecule has 1 aliphatic heterocycles. The predicted molar refractivity (Wildman–Crippen MR) is 113 cm³/mol. The number of fused-ring (bicyclic) bond motifs is 4. The molecule has 1 aliphatic rings. The Bertz CT molecular complexity index is 1400. The smallest absolute Gasteiger partial charge is 0.231 e. The summed E-state index contributed by atoms with van der Waals surface area (Å²) in [5.41, 5.74) is 4.43. The highest BCUT2D eigenvalue weighted by molar-refractivity contribution is 6.32. The number of para-hydroxylation sites is 1. The fourth-order valence-corrected chi connectivity index (χ4v) is 4.00. The molecule has 3 aromatic carbocycles. The van der Waals surface area contributed by atoms with E-state index in [1.165, 1.54) is 0 Å². The third-order valence-electron chi connectivity index (χ3n) is 5.13. The summed E-state index contributed by atoms with van der Waals surface area (Å²) in [4.78, 5) is 4.68. The maximum Gasteiger partial charge on any atom is 0.231 e. The summed E-state index contributed by atoms with van der Waals surface area (Å²) in [6.45, 7) is 0.216. The molecule has 0 unspecified atom stereocenters. The van der Waals surface area contributed by atoms with Gasteiger partial charge in [0.1, 0.15) is 5.69 Å². The molecule has 0 aliphatic carbocycles. The van der Waals surface area contributed by atoms with Crippen LogP contribution >= 0.6 is 11.6 Å². The Morgan fingerprint density at radius 1 is 0.862 bits per heavy atom. The Hall–Kier alpha value is -3.57. The van der Waals surface area contributed by atoms with Crippen LogP contribution in [0.4, 0.5) is 0 Å². The lowest BCUT2D eigenvalue weighted by Crippen LogP contribution is -1.98. The first-order valence-corrected chi connectivity index (χ1v) is 9.59. The molecule has 0 bridgehead atoms. The summed E-state index contributed by atoms with van der Waals surface area (Å²) >= 11 is 6.54. The molecular formula is C23H14ClN3O2. The van der Waals surface area contributed by atoms with Gasteiger partial charge in [-0.1, -0.05) is 54.1 Å². The lowest BCUT2D eigenvalue weighted by molar-refractivity contribution is 0.174. The zero-order valence-corrected chi connectivity index (χ0v) is 15.9. The van der Waals surface area contributed by atoms with Crippen LogP contribution in [0.2, 0.25) is 5.02 Å². The van der Waals surface area contributed by atoms with E-state index in [4.69, 9.17) is 26.2 Å². The van der Waals surface area contributed by atoms with Crippen molar-refractivity contribution in [3.8, 4) is 28.4 Å². The molecule has 0 N–H and O–H groups in total. The largest absolute Gasteiger partial charge is 0.454 e. The van der Waals surface area contributed by atoms with Crippen molar-refractivity contribution in [3.63, 3.8) is 0 Å². The second kappa shape index (κ2) is 6.22. The highest BCUT2D eigenvalue weighted by Gasteiger charge is 2.21. The maximum absolute atomic E-state index is 6.54. The van der Waals surface area contributed by atoms with Gasteiger partial charge in [0.2, 0.25) is 6.79 Å². The topological polar surface area (TPSA) is 49.2 Å². The van der Waals surface area contributed by atoms with E-state index < -0.39 is 0 Å². The molecule has 5 aromatic rings. The number of aromatic nitrogens is 3. The first kappa shape index (κ1) is 16.4. The van der Waals surface area contributed by atoms with E-state index in [9.17, 15) is 0 Å². The Balaban J connectivity index is 1.76. The van der Waals surface area contributed by atoms with Gasteiger partial charge in [-0.3, -0.25) is 4.98 Å². The Morgan fingerprint density at radius 2 is 1.62 bits per heavy atom. The highest BCUT2D eigenvalue weighted by Crippen LogP contribution is 2.40. The molecule has 3 heterocycles. The van der Waals surface area contributed by atoms with E-state index in [1.54, 1.807) is 0 Å². The van der Waals surface area contributed by atoms with Crippen LogP contribution < -0.4 is 9.47 Å². The van der Waals surface area contributed by atoms with Crippen LogP contribution in [0.1, 0.15) is 0 Å². The molecule has 0 atom stereocenters. The van der Waals surface area contributed by atoms with Crippen LogP contribution in [0.25, 0.3) is 38.8 Å². The fraction of sp³-hybridized carbons (Fsp3) is 0.0435. The minimum atomic E-state index is 0.216. The average molecular weight is 400 g/mol. The van der Waals surface area contributed by atoms with Crippen molar-refractivity contribution in [2.75, 3.05) is 6.79 Å². The van der Waals surface area contributed by atoms with Crippen LogP contribution in [0.3, 0.4) is 0 Å². The van der Waals surface area contributed by atoms with Crippen molar-refractivity contribution < 1.29 is 9.47 Å². The normalized spacial score (nSPS) is 12.7. The van der Waals surface area contributed by atoms with Gasteiger partial charge in [-0.2, -0.15) is 5.10 Å². The van der Waals surface area contributed by atoms with Gasteiger partial charge in [-0.25, -0.2) is 4.68 Å². The Kier molecular flexibility index (Phi) is 3.52. The number of benzene rings is 3. The van der Waals surface area contributed by atoms with Crippen LogP contribution in [0.15, 0.2) is 72.9 Å². The average Bonchev–Trinajstić information content (AvgIpc) is 3.37. The summed E-state index contributed by atoms with van der Waals surface area (Å²) in [5.74, 6) is 1.41. The second-order valence-electron chi connectivity index (χ2n) is 6.82. The SMILES string of the molecule is Clc1ccccc1-n1nc(-c2ccccc2)c2cnc3cc4c(cc3c21)OCO4. The van der Waals surface area contributed by atoms with Gasteiger partial charge in [0, 0.05) is 28.6 Å². The van der Waals surface area contributed by atoms with Gasteiger partial charge in [0.25, 0.3) is 0 Å². The van der Waals surface area contributed by atoms with Gasteiger partial charge in [0.05, 0.1) is 21.7 Å². The number of ether oxygens (including phenoxy) is 2. The molecule has 5 nitrogen and oxygen atoms in total. The number of hydrogen-bond acceptors (Lipinski definition) is 4. The summed E-state index contributed by atoms with van der Waals surface area (Å²) in [6.07, 6.45) is 1.86. The summed E-state index contributed by atoms with van der Waals surface area (Å²) < 4.78 is 13.0. The second-order valence-corrected chi connectivity index (χ2v) is 7.23. The third kappa shape index (κ3) is 2.48. The maximum atomic E-state index is 6.54. The molecule has 2 aromatic heterocycles. The van der Waals surface area contributed by atoms with E-state index >= 15 is 0 Å². The Morgan fingerprint density at radius 3 is 2.45 bits per heavy atom. The molecular weight excluding hydrogens is 386 g/mol. The van der Waals surface area contributed by atoms with Crippen LogP contribution in [-0.2, 0) is 0 Å². The van der Waals surface area contributed by atoms with Gasteiger partial charge >= 0.3 is 0 Å². The molecule has 0 saturated carbocycles. The first-order valence-electron chi connectivity index (χ1n) is 9.21. The van der Waals surface area contributed by atoms with Crippen molar-refractivity contribution >= 4 is 33.4 Å². The van der Waals surface area contributed by atoms with Crippen molar-refractivity contribution in [1.29, 1.82) is 0 Å². The van der Waals surface area contributed by atoms with Crippen LogP contribution in [-0.4, -0.2) is 21.6 Å². The standard InChI is InChI=1S/C23H14ClN3O2/c24-17-8-4-5-9-19(17)27-23-15-10-20-21(29-13-28-20)11-18(15)25-12-16(23)22(26-27)14-6-2-1-3-7-14/h1-12H,13H2. The minimum absolute atomic E-state index is 0.216. The number of rotatable bonds is 2. The molecule has 6 heteroatoms. The molecule has 0 amide bonds. The van der Waals surface area contributed by atoms with Crippen LogP contribution in [0.5, 0.6) is 11.5 Å². The molecule has 0 saturated heterocycles.